The lowest BCUT2D eigenvalue weighted by molar-refractivity contribution is 0.148. The average molecular weight is 727 g/mol. The maximum absolute atomic E-state index is 9.97. The number of aliphatic hydroxyl groups excluding tert-OH is 3. The molecule has 1 saturated heterocycles. The van der Waals surface area contributed by atoms with Crippen LogP contribution in [-0.2, 0) is 19.8 Å². The van der Waals surface area contributed by atoms with E-state index >= 15 is 0 Å². The molecule has 6 rings (SSSR count). The molecule has 4 aromatic rings. The first-order valence-electron chi connectivity index (χ1n) is 17.8. The van der Waals surface area contributed by atoms with Crippen molar-refractivity contribution in [3.8, 4) is 34.4 Å². The number of benzene rings is 3. The van der Waals surface area contributed by atoms with Crippen LogP contribution < -0.4 is 19.5 Å². The summed E-state index contributed by atoms with van der Waals surface area (Å²) in [6, 6.07) is 19.2. The number of rotatable bonds is 17. The van der Waals surface area contributed by atoms with E-state index in [0.717, 1.165) is 78.0 Å². The van der Waals surface area contributed by atoms with Crippen LogP contribution in [0.15, 0.2) is 67.0 Å². The Morgan fingerprint density at radius 3 is 2.40 bits per heavy atom. The molecule has 11 heteroatoms. The van der Waals surface area contributed by atoms with Crippen LogP contribution in [0.3, 0.4) is 0 Å². The standard InChI is InChI=1S/C41H47ClN4O6/c1-27-31(5-3-6-35(27)36-7-4-8-38(28(36)2)52-26-41(10-11-41)25-46-12-9-34(49)20-46)24-51-40-15-39(50-23-30-13-29(16-43)17-44-18-30)32(14-37(40)42)19-45-33(21-47)22-48/h3-8,13-15,17-18,33-34,45,47-49H,9-12,19-26H2,1-2H3. The topological polar surface area (TPSA) is 140 Å². The van der Waals surface area contributed by atoms with Crippen molar-refractivity contribution in [3.05, 3.63) is 105 Å². The van der Waals surface area contributed by atoms with Gasteiger partial charge in [0.1, 0.15) is 36.5 Å². The van der Waals surface area contributed by atoms with Crippen LogP contribution in [0.5, 0.6) is 17.2 Å². The Hall–Kier alpha value is -4.21. The smallest absolute Gasteiger partial charge is 0.142 e. The van der Waals surface area contributed by atoms with E-state index in [1.165, 1.54) is 6.20 Å². The highest BCUT2D eigenvalue weighted by molar-refractivity contribution is 6.32. The first kappa shape index (κ1) is 37.5. The van der Waals surface area contributed by atoms with Crippen molar-refractivity contribution in [1.29, 1.82) is 5.26 Å². The molecule has 1 aromatic heterocycles. The minimum Gasteiger partial charge on any atom is -0.493 e. The van der Waals surface area contributed by atoms with Gasteiger partial charge in [-0.25, -0.2) is 0 Å². The molecule has 2 aliphatic rings. The van der Waals surface area contributed by atoms with E-state index in [-0.39, 0.29) is 44.5 Å². The van der Waals surface area contributed by atoms with E-state index in [0.29, 0.717) is 34.3 Å². The zero-order chi connectivity index (χ0) is 36.7. The lowest BCUT2D eigenvalue weighted by Crippen LogP contribution is -2.35. The lowest BCUT2D eigenvalue weighted by atomic mass is 9.93. The van der Waals surface area contributed by atoms with Gasteiger partial charge in [-0.1, -0.05) is 41.9 Å². The summed E-state index contributed by atoms with van der Waals surface area (Å²) in [7, 11) is 0. The SMILES string of the molecule is Cc1c(COc2cc(OCc3cncc(C#N)c3)c(CNC(CO)CO)cc2Cl)cccc1-c1cccc(OCC2(CN3CCC(O)C3)CC2)c1C. The minimum absolute atomic E-state index is 0.160. The lowest BCUT2D eigenvalue weighted by Gasteiger charge is -2.24. The third-order valence-electron chi connectivity index (χ3n) is 10.2. The number of β-amino-alcohol motifs (C(OH)–C–C–N with tert-alkyl or cyclic N) is 1. The quantitative estimate of drug-likeness (QED) is 0.107. The van der Waals surface area contributed by atoms with Gasteiger partial charge in [-0.3, -0.25) is 9.88 Å². The Labute approximate surface area is 310 Å². The van der Waals surface area contributed by atoms with Gasteiger partial charge in [-0.2, -0.15) is 5.26 Å². The molecule has 1 atom stereocenters. The molecular weight excluding hydrogens is 680 g/mol. The highest BCUT2D eigenvalue weighted by Gasteiger charge is 2.45. The summed E-state index contributed by atoms with van der Waals surface area (Å²) in [6.45, 7) is 7.82. The molecule has 1 unspecified atom stereocenters. The Morgan fingerprint density at radius 1 is 0.942 bits per heavy atom. The van der Waals surface area contributed by atoms with Gasteiger partial charge in [0.25, 0.3) is 0 Å². The largest absolute Gasteiger partial charge is 0.493 e. The van der Waals surface area contributed by atoms with Crippen LogP contribution in [0.1, 0.15) is 52.6 Å². The van der Waals surface area contributed by atoms with E-state index in [2.05, 4.69) is 47.3 Å². The van der Waals surface area contributed by atoms with Gasteiger partial charge in [0.15, 0.2) is 0 Å². The second-order valence-corrected chi connectivity index (χ2v) is 14.5. The van der Waals surface area contributed by atoms with Crippen molar-refractivity contribution < 1.29 is 29.5 Å². The van der Waals surface area contributed by atoms with Crippen molar-refractivity contribution in [3.63, 3.8) is 0 Å². The van der Waals surface area contributed by atoms with E-state index in [9.17, 15) is 20.6 Å². The molecule has 2 heterocycles. The third-order valence-corrected chi connectivity index (χ3v) is 10.5. The number of aromatic nitrogens is 1. The summed E-state index contributed by atoms with van der Waals surface area (Å²) < 4.78 is 19.0. The summed E-state index contributed by atoms with van der Waals surface area (Å²) in [6.07, 6.45) is 6.08. The van der Waals surface area contributed by atoms with Crippen LogP contribution >= 0.6 is 11.6 Å². The number of nitrogens with zero attached hydrogens (tertiary/aromatic N) is 3. The molecule has 1 aliphatic carbocycles. The maximum Gasteiger partial charge on any atom is 0.142 e. The highest BCUT2D eigenvalue weighted by atomic mass is 35.5. The third kappa shape index (κ3) is 9.22. The summed E-state index contributed by atoms with van der Waals surface area (Å²) in [5, 5.41) is 41.9. The van der Waals surface area contributed by atoms with Crippen molar-refractivity contribution in [2.45, 2.75) is 65.0 Å². The molecule has 4 N–H and O–H groups in total. The number of halogens is 1. The molecule has 274 valence electrons. The van der Waals surface area contributed by atoms with Crippen LogP contribution in [0.25, 0.3) is 11.1 Å². The van der Waals surface area contributed by atoms with E-state index in [4.69, 9.17) is 25.8 Å². The fraction of sp³-hybridized carbons (Fsp3) is 0.415. The molecule has 52 heavy (non-hydrogen) atoms. The van der Waals surface area contributed by atoms with Gasteiger partial charge in [0.05, 0.1) is 42.6 Å². The first-order valence-corrected chi connectivity index (χ1v) is 18.2. The fourth-order valence-corrected chi connectivity index (χ4v) is 6.97. The summed E-state index contributed by atoms with van der Waals surface area (Å²) in [5.41, 5.74) is 7.43. The summed E-state index contributed by atoms with van der Waals surface area (Å²) in [5.74, 6) is 1.84. The second kappa shape index (κ2) is 17.1. The van der Waals surface area contributed by atoms with Crippen molar-refractivity contribution >= 4 is 11.6 Å². The van der Waals surface area contributed by atoms with Crippen LogP contribution in [0.2, 0.25) is 5.02 Å². The van der Waals surface area contributed by atoms with Crippen LogP contribution in [0, 0.1) is 30.6 Å². The second-order valence-electron chi connectivity index (χ2n) is 14.1. The number of pyridine rings is 1. The zero-order valence-electron chi connectivity index (χ0n) is 29.8. The molecule has 1 saturated carbocycles. The molecular formula is C41H47ClN4O6. The van der Waals surface area contributed by atoms with E-state index < -0.39 is 6.04 Å². The number of ether oxygens (including phenoxy) is 3. The molecule has 1 aliphatic heterocycles. The predicted molar refractivity (Wildman–Crippen MR) is 199 cm³/mol. The minimum atomic E-state index is -0.504. The van der Waals surface area contributed by atoms with Crippen molar-refractivity contribution in [1.82, 2.24) is 15.2 Å². The molecule has 3 aromatic carbocycles. The van der Waals surface area contributed by atoms with Crippen molar-refractivity contribution in [2.24, 2.45) is 5.41 Å². The highest BCUT2D eigenvalue weighted by Crippen LogP contribution is 2.47. The number of hydrogen-bond acceptors (Lipinski definition) is 10. The molecule has 10 nitrogen and oxygen atoms in total. The first-order chi connectivity index (χ1) is 25.2. The number of likely N-dealkylation sites (tertiary alicyclic amines) is 1. The Morgan fingerprint density at radius 2 is 1.69 bits per heavy atom. The normalized spacial score (nSPS) is 16.5. The number of nitriles is 1. The van der Waals surface area contributed by atoms with Gasteiger partial charge >= 0.3 is 0 Å². The van der Waals surface area contributed by atoms with Crippen LogP contribution in [0.4, 0.5) is 0 Å². The summed E-state index contributed by atoms with van der Waals surface area (Å²) in [4.78, 5) is 6.49. The fourth-order valence-electron chi connectivity index (χ4n) is 6.72. The average Bonchev–Trinajstić information content (AvgIpc) is 3.80. The molecule has 0 spiro atoms. The Kier molecular flexibility index (Phi) is 12.3. The molecule has 0 radical (unpaired) electrons. The van der Waals surface area contributed by atoms with E-state index in [1.54, 1.807) is 24.4 Å². The monoisotopic (exact) mass is 726 g/mol. The number of hydrogen-bond donors (Lipinski definition) is 4. The molecule has 0 bridgehead atoms. The molecule has 2 fully saturated rings. The van der Waals surface area contributed by atoms with Crippen LogP contribution in [-0.4, -0.2) is 76.8 Å². The van der Waals surface area contributed by atoms with Gasteiger partial charge < -0.3 is 34.8 Å². The van der Waals surface area contributed by atoms with Gasteiger partial charge in [0.2, 0.25) is 0 Å². The van der Waals surface area contributed by atoms with Gasteiger partial charge in [0, 0.05) is 61.2 Å². The Bertz CT molecular complexity index is 1890. The maximum atomic E-state index is 9.97. The van der Waals surface area contributed by atoms with Gasteiger partial charge in [-0.15, -0.1) is 0 Å². The van der Waals surface area contributed by atoms with Gasteiger partial charge in [-0.05, 0) is 79.1 Å². The number of aliphatic hydroxyl groups is 3. The Balaban J connectivity index is 1.17. The predicted octanol–water partition coefficient (Wildman–Crippen LogP) is 5.72. The van der Waals surface area contributed by atoms with Crippen molar-refractivity contribution in [2.75, 3.05) is 39.5 Å². The zero-order valence-corrected chi connectivity index (χ0v) is 30.5. The summed E-state index contributed by atoms with van der Waals surface area (Å²) >= 11 is 6.75. The number of nitrogens with one attached hydrogen (secondary N) is 1. The van der Waals surface area contributed by atoms with E-state index in [1.807, 2.05) is 24.3 Å². The molecule has 0 amide bonds.